The molecule has 1 aliphatic heterocycles. The predicted molar refractivity (Wildman–Crippen MR) is 24.5 cm³/mol. The van der Waals surface area contributed by atoms with Crippen molar-refractivity contribution in [2.45, 2.75) is 19.4 Å². The van der Waals surface area contributed by atoms with Gasteiger partial charge < -0.3 is 9.53 Å². The molecule has 1 rings (SSSR count). The number of carbonyl (C=O) groups is 1. The van der Waals surface area contributed by atoms with Gasteiger partial charge in [0.1, 0.15) is 0 Å². The van der Waals surface area contributed by atoms with Crippen LogP contribution >= 0.6 is 0 Å². The van der Waals surface area contributed by atoms with Crippen molar-refractivity contribution >= 4 is 5.78 Å². The number of carbonyl (C=O) groups excluding carboxylic acids is 1. The molecule has 0 saturated carbocycles. The molecule has 1 unspecified atom stereocenters. The quantitative estimate of drug-likeness (QED) is 0.585. The zero-order chi connectivity index (χ0) is 5.28. The molecule has 0 amide bonds. The maximum atomic E-state index is 10.3. The van der Waals surface area contributed by atoms with Crippen LogP contribution < -0.4 is 0 Å². The van der Waals surface area contributed by atoms with E-state index in [0.29, 0.717) is 6.42 Å². The Kier molecular flexibility index (Phi) is 18.4. The third-order valence-electron chi connectivity index (χ3n) is 0.920. The first-order chi connectivity index (χ1) is 3.29. The van der Waals surface area contributed by atoms with Crippen molar-refractivity contribution in [3.05, 3.63) is 6.61 Å². The molecule has 0 N–H and O–H groups in total. The number of rotatable bonds is 0. The van der Waals surface area contributed by atoms with E-state index in [1.165, 1.54) is 6.61 Å². The van der Waals surface area contributed by atoms with Crippen LogP contribution in [0.15, 0.2) is 0 Å². The molecule has 0 aliphatic carbocycles. The molecule has 1 aliphatic rings. The first kappa shape index (κ1) is 18.6. The van der Waals surface area contributed by atoms with E-state index in [-0.39, 0.29) is 110 Å². The predicted octanol–water partition coefficient (Wildman–Crippen LogP) is 0.519. The molecule has 5 heteroatoms. The average molecular weight is 366 g/mol. The smallest absolute Gasteiger partial charge is 0.0278 e. The van der Waals surface area contributed by atoms with E-state index >= 15 is 0 Å². The van der Waals surface area contributed by atoms with Gasteiger partial charge in [-0.1, -0.05) is 0 Å². The van der Waals surface area contributed by atoms with Gasteiger partial charge in [-0.05, 0) is 6.92 Å². The van der Waals surface area contributed by atoms with E-state index in [0.717, 1.165) is 0 Å². The van der Waals surface area contributed by atoms with E-state index in [2.05, 4.69) is 0 Å². The Labute approximate surface area is 137 Å². The van der Waals surface area contributed by atoms with Gasteiger partial charge in [0.2, 0.25) is 0 Å². The van der Waals surface area contributed by atoms with Crippen molar-refractivity contribution in [2.24, 2.45) is 0 Å². The van der Waals surface area contributed by atoms with Gasteiger partial charge in [0, 0.05) is 116 Å². The fourth-order valence-electron chi connectivity index (χ4n) is 0.572. The Morgan fingerprint density at radius 2 is 2.00 bits per heavy atom. The van der Waals surface area contributed by atoms with Crippen molar-refractivity contribution in [3.8, 4) is 0 Å². The second-order valence-corrected chi connectivity index (χ2v) is 1.73. The topological polar surface area (TPSA) is 26.3 Å². The van der Waals surface area contributed by atoms with Gasteiger partial charge in [0.05, 0.1) is 0 Å². The molecule has 1 atom stereocenters. The molecular weight excluding hydrogens is 359 g/mol. The summed E-state index contributed by atoms with van der Waals surface area (Å²) in [6, 6.07) is 0. The van der Waals surface area contributed by atoms with Gasteiger partial charge in [-0.2, -0.15) is 0 Å². The van der Waals surface area contributed by atoms with Gasteiger partial charge in [0.15, 0.2) is 0 Å². The minimum atomic E-state index is 0. The van der Waals surface area contributed by atoms with Crippen LogP contribution in [0.25, 0.3) is 0 Å². The number of ether oxygens (including phenoxy) is 1. The van der Waals surface area contributed by atoms with Crippen LogP contribution in [0.3, 0.4) is 0 Å². The third-order valence-corrected chi connectivity index (χ3v) is 0.920. The maximum absolute atomic E-state index is 10.3. The SMILES string of the molecule is CC1CC(=O)[CH-]O1.[Y].[Y].[Y]. The summed E-state index contributed by atoms with van der Waals surface area (Å²) in [5.41, 5.74) is 0. The minimum absolute atomic E-state index is 0. The Bertz CT molecular complexity index is 96.9. The summed E-state index contributed by atoms with van der Waals surface area (Å²) in [4.78, 5) is 10.3. The van der Waals surface area contributed by atoms with Crippen LogP contribution in [0, 0.1) is 6.61 Å². The third kappa shape index (κ3) is 7.46. The number of hydrogen-bond donors (Lipinski definition) is 0. The van der Waals surface area contributed by atoms with Crippen molar-refractivity contribution in [1.82, 2.24) is 0 Å². The van der Waals surface area contributed by atoms with Crippen LogP contribution in [0.2, 0.25) is 0 Å². The minimum Gasteiger partial charge on any atom is -0.524 e. The molecule has 0 aromatic heterocycles. The Balaban J connectivity index is -0.000000163. The van der Waals surface area contributed by atoms with Crippen molar-refractivity contribution in [2.75, 3.05) is 0 Å². The van der Waals surface area contributed by atoms with Crippen LogP contribution in [0.4, 0.5) is 0 Å². The standard InChI is InChI=1S/C5H7O2.3Y/c1-4-2-5(6)3-7-4;;;/h3-4H,2H2,1H3;;;/q-1;;;. The molecule has 0 bridgehead atoms. The maximum Gasteiger partial charge on any atom is 0.0278 e. The van der Waals surface area contributed by atoms with E-state index in [1.807, 2.05) is 6.92 Å². The van der Waals surface area contributed by atoms with Gasteiger partial charge in [0.25, 0.3) is 0 Å². The summed E-state index contributed by atoms with van der Waals surface area (Å²) in [6.45, 7) is 3.16. The average Bonchev–Trinajstić information content (AvgIpc) is 1.87. The van der Waals surface area contributed by atoms with Crippen molar-refractivity contribution in [3.63, 3.8) is 0 Å². The molecule has 49 valence electrons. The summed E-state index contributed by atoms with van der Waals surface area (Å²) >= 11 is 0. The largest absolute Gasteiger partial charge is 0.524 e. The first-order valence-electron chi connectivity index (χ1n) is 2.30. The van der Waals surface area contributed by atoms with Gasteiger partial charge in [-0.15, -0.1) is 0 Å². The molecule has 10 heavy (non-hydrogen) atoms. The second kappa shape index (κ2) is 9.90. The monoisotopic (exact) mass is 366 g/mol. The second-order valence-electron chi connectivity index (χ2n) is 1.73. The molecule has 0 aromatic carbocycles. The fourth-order valence-corrected chi connectivity index (χ4v) is 0.572. The van der Waals surface area contributed by atoms with Gasteiger partial charge >= 0.3 is 0 Å². The van der Waals surface area contributed by atoms with Crippen LogP contribution in [-0.2, 0) is 108 Å². The molecule has 2 nitrogen and oxygen atoms in total. The Morgan fingerprint density at radius 1 is 1.50 bits per heavy atom. The van der Waals surface area contributed by atoms with Gasteiger partial charge in [-0.25, -0.2) is 6.61 Å². The van der Waals surface area contributed by atoms with E-state index < -0.39 is 0 Å². The van der Waals surface area contributed by atoms with Crippen LogP contribution in [-0.4, -0.2) is 11.9 Å². The fraction of sp³-hybridized carbons (Fsp3) is 0.600. The van der Waals surface area contributed by atoms with Crippen LogP contribution in [0.1, 0.15) is 13.3 Å². The molecule has 1 saturated heterocycles. The molecule has 0 spiro atoms. The van der Waals surface area contributed by atoms with Gasteiger partial charge in [-0.3, -0.25) is 0 Å². The summed E-state index contributed by atoms with van der Waals surface area (Å²) in [7, 11) is 0. The van der Waals surface area contributed by atoms with E-state index in [9.17, 15) is 4.79 Å². The number of hydrogen-bond acceptors (Lipinski definition) is 2. The first-order valence-corrected chi connectivity index (χ1v) is 2.30. The summed E-state index contributed by atoms with van der Waals surface area (Å²) in [5, 5.41) is 0. The van der Waals surface area contributed by atoms with Crippen molar-refractivity contribution < 1.29 is 108 Å². The molecular formula is C5H7O2Y3-. The summed E-state index contributed by atoms with van der Waals surface area (Å²) < 4.78 is 4.79. The normalized spacial score (nSPS) is 21.3. The molecule has 1 heterocycles. The molecule has 0 aromatic rings. The van der Waals surface area contributed by atoms with E-state index in [4.69, 9.17) is 4.74 Å². The van der Waals surface area contributed by atoms with Crippen molar-refractivity contribution in [1.29, 1.82) is 0 Å². The Hall–Kier alpha value is 2.81. The number of Topliss-reactive ketones (excluding diaryl/α,β-unsaturated/α-hetero) is 1. The van der Waals surface area contributed by atoms with E-state index in [1.54, 1.807) is 0 Å². The zero-order valence-electron chi connectivity index (χ0n) is 5.91. The molecule has 1 fully saturated rings. The Morgan fingerprint density at radius 3 is 2.10 bits per heavy atom. The summed E-state index contributed by atoms with van der Waals surface area (Å²) in [5.74, 6) is 0.104. The zero-order valence-corrected chi connectivity index (χ0v) is 14.4. The summed E-state index contributed by atoms with van der Waals surface area (Å²) in [6.07, 6.45) is 0.674. The number of ketones is 1. The van der Waals surface area contributed by atoms with Crippen LogP contribution in [0.5, 0.6) is 0 Å². The molecule has 3 radical (unpaired) electrons.